The van der Waals surface area contributed by atoms with Crippen LogP contribution in [0.15, 0.2) is 0 Å². The molecule has 4 heteroatoms. The average Bonchev–Trinajstić information content (AvgIpc) is 1.00. The third-order valence-corrected chi connectivity index (χ3v) is 0. The van der Waals surface area contributed by atoms with Gasteiger partial charge in [0.05, 0.1) is 0 Å². The van der Waals surface area contributed by atoms with Crippen molar-refractivity contribution >= 4 is 9.12 Å². The molecule has 0 aromatic rings. The third kappa shape index (κ3) is 8.84. The maximum Gasteiger partial charge on any atom is 1.00 e. The van der Waals surface area contributed by atoms with Crippen molar-refractivity contribution in [2.45, 2.75) is 0 Å². The summed E-state index contributed by atoms with van der Waals surface area (Å²) in [7, 11) is 1.72. The van der Waals surface area contributed by atoms with Crippen molar-refractivity contribution in [3.8, 4) is 0 Å². The van der Waals surface area contributed by atoms with Crippen molar-refractivity contribution in [3.05, 3.63) is 0 Å². The minimum atomic E-state index is 0. The van der Waals surface area contributed by atoms with Gasteiger partial charge in [-0.15, -0.1) is 0 Å². The Labute approximate surface area is 85.1 Å². The molecule has 0 amide bonds. The van der Waals surface area contributed by atoms with E-state index in [0.717, 1.165) is 0 Å². The summed E-state index contributed by atoms with van der Waals surface area (Å²) in [5.41, 5.74) is 0. The van der Waals surface area contributed by atoms with Gasteiger partial charge in [0.25, 0.3) is 0 Å². The summed E-state index contributed by atoms with van der Waals surface area (Å²) in [6.45, 7) is 0. The zero-order chi connectivity index (χ0) is 2.00. The van der Waals surface area contributed by atoms with Crippen LogP contribution in [0.2, 0.25) is 0 Å². The van der Waals surface area contributed by atoms with E-state index in [9.17, 15) is 0 Å². The zero-order valence-electron chi connectivity index (χ0n) is 4.91. The van der Waals surface area contributed by atoms with E-state index in [1.807, 2.05) is 0 Å². The van der Waals surface area contributed by atoms with Gasteiger partial charge < -0.3 is 2.85 Å². The Balaban J connectivity index is -0.000000000833. The van der Waals surface area contributed by atoms with Crippen LogP contribution in [0.25, 0.3) is 0 Å². The Kier molecular flexibility index (Phi) is 74.6. The summed E-state index contributed by atoms with van der Waals surface area (Å²) >= 11 is 0. The van der Waals surface area contributed by atoms with Gasteiger partial charge in [0.1, 0.15) is 9.12 Å². The first-order chi connectivity index (χ1) is 1.00. The van der Waals surface area contributed by atoms with Gasteiger partial charge in [-0.2, -0.15) is 0 Å². The van der Waals surface area contributed by atoms with Gasteiger partial charge in [0.15, 0.2) is 0 Å². The first-order valence-electron chi connectivity index (χ1n) is 0.204. The SMILES string of the molecule is O=P.[H-].[H-].[K+].[Li+]. The molecule has 0 radical (unpaired) electrons. The quantitative estimate of drug-likeness (QED) is 0.217. The average molecular weight is 96.0 g/mol. The molecule has 0 saturated carbocycles. The van der Waals surface area contributed by atoms with E-state index < -0.39 is 0 Å². The Hall–Kier alpha value is 2.33. The molecule has 0 aromatic carbocycles. The van der Waals surface area contributed by atoms with Crippen molar-refractivity contribution in [2.24, 2.45) is 0 Å². The Morgan fingerprint density at radius 1 is 1.50 bits per heavy atom. The topological polar surface area (TPSA) is 17.1 Å². The molecule has 0 aromatic heterocycles. The zero-order valence-corrected chi connectivity index (χ0v) is 7.03. The second kappa shape index (κ2) is 18.4. The van der Waals surface area contributed by atoms with Gasteiger partial charge >= 0.3 is 70.2 Å². The largest absolute Gasteiger partial charge is 1.00 e. The van der Waals surface area contributed by atoms with E-state index in [4.69, 9.17) is 4.57 Å². The van der Waals surface area contributed by atoms with E-state index >= 15 is 0 Å². The maximum atomic E-state index is 8.06. The molecule has 0 spiro atoms. The van der Waals surface area contributed by atoms with Gasteiger partial charge in [0, 0.05) is 0 Å². The van der Waals surface area contributed by atoms with Gasteiger partial charge in [-0.3, -0.25) is 4.57 Å². The Bertz CT molecular complexity index is 13.5. The molecule has 0 rings (SSSR count). The van der Waals surface area contributed by atoms with Crippen LogP contribution >= 0.6 is 9.12 Å². The molecule has 16 valence electrons. The fraction of sp³-hybridized carbons (Fsp3) is 0. The van der Waals surface area contributed by atoms with E-state index in [2.05, 4.69) is 0 Å². The molecule has 0 N–H and O–H groups in total. The van der Waals surface area contributed by atoms with Crippen LogP contribution in [0.4, 0.5) is 0 Å². The second-order valence-electron chi connectivity index (χ2n) is 0. The molecule has 1 nitrogen and oxygen atoms in total. The van der Waals surface area contributed by atoms with Crippen LogP contribution < -0.4 is 70.2 Å². The summed E-state index contributed by atoms with van der Waals surface area (Å²) < 4.78 is 8.06. The smallest absolute Gasteiger partial charge is 1.00 e. The Morgan fingerprint density at radius 3 is 1.50 bits per heavy atom. The van der Waals surface area contributed by atoms with Crippen LogP contribution in [0.5, 0.6) is 0 Å². The number of hydrogen-bond donors (Lipinski definition) is 0. The molecule has 0 atom stereocenters. The summed E-state index contributed by atoms with van der Waals surface area (Å²) in [6, 6.07) is 0. The van der Waals surface area contributed by atoms with E-state index in [0.29, 0.717) is 0 Å². The number of hydrogen-bond acceptors (Lipinski definition) is 1. The maximum absolute atomic E-state index is 8.06. The molecule has 0 aliphatic heterocycles. The first kappa shape index (κ1) is 16.2. The Morgan fingerprint density at radius 2 is 1.50 bits per heavy atom. The van der Waals surface area contributed by atoms with Gasteiger partial charge in [-0.1, -0.05) is 0 Å². The monoisotopic (exact) mass is 96.0 g/mol. The van der Waals surface area contributed by atoms with Crippen LogP contribution in [0.1, 0.15) is 2.85 Å². The van der Waals surface area contributed by atoms with Crippen molar-refractivity contribution in [1.29, 1.82) is 0 Å². The standard InChI is InChI=1S/K.Li.HOP.2H/c;;1-2;;/h;;2H;;/q2*+1;;2*-1. The summed E-state index contributed by atoms with van der Waals surface area (Å²) in [6.07, 6.45) is 0. The molecule has 0 fully saturated rings. The third-order valence-electron chi connectivity index (χ3n) is 0. The molecule has 0 unspecified atom stereocenters. The summed E-state index contributed by atoms with van der Waals surface area (Å²) in [5.74, 6) is 0. The minimum absolute atomic E-state index is 0. The van der Waals surface area contributed by atoms with Gasteiger partial charge in [-0.05, 0) is 0 Å². The van der Waals surface area contributed by atoms with Crippen molar-refractivity contribution in [1.82, 2.24) is 0 Å². The molecule has 0 aliphatic carbocycles. The molecule has 0 saturated heterocycles. The normalized spacial score (nSPS) is 1.00. The predicted molar refractivity (Wildman–Crippen MR) is 11.2 cm³/mol. The second-order valence-corrected chi connectivity index (χ2v) is 0. The molecule has 4 heavy (non-hydrogen) atoms. The van der Waals surface area contributed by atoms with Crippen LogP contribution in [-0.2, 0) is 4.57 Å². The van der Waals surface area contributed by atoms with Crippen molar-refractivity contribution < 1.29 is 77.7 Å². The van der Waals surface area contributed by atoms with E-state index in [1.165, 1.54) is 0 Å². The fourth-order valence-electron chi connectivity index (χ4n) is 0. The summed E-state index contributed by atoms with van der Waals surface area (Å²) in [4.78, 5) is 0. The van der Waals surface area contributed by atoms with Gasteiger partial charge in [0.2, 0.25) is 0 Å². The number of rotatable bonds is 0. The first-order valence-corrected chi connectivity index (χ1v) is 0.612. The molecule has 0 aliphatic rings. The molecule has 0 heterocycles. The molecular weight excluding hydrogens is 93.0 g/mol. The molecular formula is H3KLiOP. The summed E-state index contributed by atoms with van der Waals surface area (Å²) in [5, 5.41) is 0. The van der Waals surface area contributed by atoms with Crippen LogP contribution in [-0.4, -0.2) is 0 Å². The van der Waals surface area contributed by atoms with E-state index in [-0.39, 0.29) is 73.1 Å². The minimum Gasteiger partial charge on any atom is -1.00 e. The van der Waals surface area contributed by atoms with Crippen molar-refractivity contribution in [3.63, 3.8) is 0 Å². The van der Waals surface area contributed by atoms with Gasteiger partial charge in [-0.25, -0.2) is 0 Å². The fourth-order valence-corrected chi connectivity index (χ4v) is 0. The van der Waals surface area contributed by atoms with Crippen LogP contribution in [0.3, 0.4) is 0 Å². The predicted octanol–water partition coefficient (Wildman–Crippen LogP) is -5.29. The van der Waals surface area contributed by atoms with Crippen molar-refractivity contribution in [2.75, 3.05) is 0 Å². The van der Waals surface area contributed by atoms with Crippen LogP contribution in [0, 0.1) is 0 Å². The molecule has 0 bridgehead atoms. The van der Waals surface area contributed by atoms with E-state index in [1.54, 1.807) is 9.12 Å².